The molecular weight excluding hydrogens is 349 g/mol. The molecule has 0 fully saturated rings. The van der Waals surface area contributed by atoms with E-state index in [-0.39, 0.29) is 5.91 Å². The summed E-state index contributed by atoms with van der Waals surface area (Å²) in [5.74, 6) is 0.149. The number of anilines is 1. The molecule has 3 rings (SSSR count). The number of hydrogen-bond acceptors (Lipinski definition) is 4. The second kappa shape index (κ2) is 6.98. The highest BCUT2D eigenvalue weighted by atomic mass is 35.5. The van der Waals surface area contributed by atoms with Crippen molar-refractivity contribution in [2.24, 2.45) is 0 Å². The average Bonchev–Trinajstić information content (AvgIpc) is 3.07. The van der Waals surface area contributed by atoms with Crippen LogP contribution in [0.15, 0.2) is 48.5 Å². The number of benzene rings is 2. The quantitative estimate of drug-likeness (QED) is 0.765. The van der Waals surface area contributed by atoms with Crippen LogP contribution in [0.4, 0.5) is 5.69 Å². The summed E-state index contributed by atoms with van der Waals surface area (Å²) >= 11 is 11.9. The minimum absolute atomic E-state index is 0.309. The predicted octanol–water partition coefficient (Wildman–Crippen LogP) is 3.85. The number of nitrogens with zero attached hydrogens (tertiary/aromatic N) is 4. The van der Waals surface area contributed by atoms with Gasteiger partial charge < -0.3 is 5.32 Å². The largest absolute Gasteiger partial charge is 0.323 e. The number of nitrogens with one attached hydrogen (secondary N) is 1. The topological polar surface area (TPSA) is 72.7 Å². The summed E-state index contributed by atoms with van der Waals surface area (Å²) in [6.45, 7) is 1.68. The summed E-state index contributed by atoms with van der Waals surface area (Å²) in [4.78, 5) is 13.6. The van der Waals surface area contributed by atoms with E-state index < -0.39 is 6.04 Å². The van der Waals surface area contributed by atoms with Crippen LogP contribution in [-0.4, -0.2) is 26.1 Å². The van der Waals surface area contributed by atoms with Gasteiger partial charge in [-0.05, 0) is 30.3 Å². The maximum absolute atomic E-state index is 12.4. The first kappa shape index (κ1) is 16.4. The Labute approximate surface area is 148 Å². The van der Waals surface area contributed by atoms with Crippen LogP contribution in [0.1, 0.15) is 13.0 Å². The molecule has 3 aromatic rings. The lowest BCUT2D eigenvalue weighted by Crippen LogP contribution is -2.25. The van der Waals surface area contributed by atoms with E-state index in [1.807, 2.05) is 30.3 Å². The third-order valence-electron chi connectivity index (χ3n) is 3.38. The highest BCUT2D eigenvalue weighted by Gasteiger charge is 2.19. The van der Waals surface area contributed by atoms with E-state index in [2.05, 4.69) is 20.7 Å². The molecule has 1 N–H and O–H groups in total. The lowest BCUT2D eigenvalue weighted by molar-refractivity contribution is -0.119. The summed E-state index contributed by atoms with van der Waals surface area (Å²) in [5, 5.41) is 15.8. The molecule has 0 bridgehead atoms. The monoisotopic (exact) mass is 361 g/mol. The number of rotatable bonds is 4. The highest BCUT2D eigenvalue weighted by molar-refractivity contribution is 6.36. The van der Waals surface area contributed by atoms with Crippen molar-refractivity contribution in [1.29, 1.82) is 0 Å². The van der Waals surface area contributed by atoms with E-state index in [4.69, 9.17) is 23.2 Å². The Kier molecular flexibility index (Phi) is 4.78. The zero-order valence-corrected chi connectivity index (χ0v) is 14.2. The van der Waals surface area contributed by atoms with Gasteiger partial charge >= 0.3 is 0 Å². The third-order valence-corrected chi connectivity index (χ3v) is 3.92. The molecule has 1 atom stereocenters. The van der Waals surface area contributed by atoms with Crippen LogP contribution in [0.5, 0.6) is 0 Å². The van der Waals surface area contributed by atoms with E-state index in [1.54, 1.807) is 25.1 Å². The first-order valence-electron chi connectivity index (χ1n) is 7.15. The molecular formula is C16H13Cl2N5O. The summed E-state index contributed by atoms with van der Waals surface area (Å²) < 4.78 is 0. The number of aromatic nitrogens is 4. The van der Waals surface area contributed by atoms with Crippen molar-refractivity contribution in [3.05, 3.63) is 58.6 Å². The summed E-state index contributed by atoms with van der Waals surface area (Å²) in [7, 11) is 0. The molecule has 0 saturated heterocycles. The van der Waals surface area contributed by atoms with Crippen LogP contribution in [-0.2, 0) is 4.79 Å². The van der Waals surface area contributed by atoms with Crippen molar-refractivity contribution >= 4 is 34.8 Å². The minimum Gasteiger partial charge on any atom is -0.323 e. The van der Waals surface area contributed by atoms with E-state index >= 15 is 0 Å². The van der Waals surface area contributed by atoms with Crippen molar-refractivity contribution in [3.63, 3.8) is 0 Å². The number of hydrogen-bond donors (Lipinski definition) is 1. The second-order valence-electron chi connectivity index (χ2n) is 5.09. The van der Waals surface area contributed by atoms with Gasteiger partial charge in [-0.15, -0.1) is 10.2 Å². The molecule has 0 radical (unpaired) electrons. The van der Waals surface area contributed by atoms with Gasteiger partial charge in [0.25, 0.3) is 5.91 Å². The van der Waals surface area contributed by atoms with E-state index in [0.717, 1.165) is 5.56 Å². The highest BCUT2D eigenvalue weighted by Crippen LogP contribution is 2.26. The standard InChI is InChI=1S/C16H13Cl2N5O/c1-10(16(24)19-14-8-7-12(17)9-13(14)18)23-21-15(20-22-23)11-5-3-2-4-6-11/h2-10H,1H3,(H,19,24)/t10-/m1/s1. The smallest absolute Gasteiger partial charge is 0.250 e. The molecule has 0 spiro atoms. The molecule has 1 aromatic heterocycles. The van der Waals surface area contributed by atoms with Gasteiger partial charge in [0.05, 0.1) is 10.7 Å². The van der Waals surface area contributed by atoms with Crippen molar-refractivity contribution < 1.29 is 4.79 Å². The lowest BCUT2D eigenvalue weighted by Gasteiger charge is -2.12. The van der Waals surface area contributed by atoms with Crippen LogP contribution in [0, 0.1) is 0 Å². The van der Waals surface area contributed by atoms with Crippen molar-refractivity contribution in [2.75, 3.05) is 5.32 Å². The van der Waals surface area contributed by atoms with Crippen LogP contribution in [0.25, 0.3) is 11.4 Å². The first-order valence-corrected chi connectivity index (χ1v) is 7.91. The van der Waals surface area contributed by atoms with Crippen LogP contribution < -0.4 is 5.32 Å². The third kappa shape index (κ3) is 3.55. The normalized spacial score (nSPS) is 12.0. The fourth-order valence-electron chi connectivity index (χ4n) is 2.02. The molecule has 1 amide bonds. The molecule has 0 unspecified atom stereocenters. The Morgan fingerprint density at radius 1 is 1.17 bits per heavy atom. The summed E-state index contributed by atoms with van der Waals surface area (Å²) in [5.41, 5.74) is 1.30. The van der Waals surface area contributed by atoms with Crippen molar-refractivity contribution in [3.8, 4) is 11.4 Å². The van der Waals surface area contributed by atoms with E-state index in [1.165, 1.54) is 4.80 Å². The van der Waals surface area contributed by atoms with Gasteiger partial charge in [0, 0.05) is 10.6 Å². The van der Waals surface area contributed by atoms with Crippen LogP contribution in [0.3, 0.4) is 0 Å². The Morgan fingerprint density at radius 2 is 1.92 bits per heavy atom. The van der Waals surface area contributed by atoms with Crippen LogP contribution >= 0.6 is 23.2 Å². The Hall–Kier alpha value is -2.44. The average molecular weight is 362 g/mol. The first-order chi connectivity index (χ1) is 11.5. The van der Waals surface area contributed by atoms with E-state index in [9.17, 15) is 4.79 Å². The number of carbonyl (C=O) groups is 1. The summed E-state index contributed by atoms with van der Waals surface area (Å²) in [6, 6.07) is 13.6. The number of halogens is 2. The minimum atomic E-state index is -0.651. The Bertz CT molecular complexity index is 866. The lowest BCUT2D eigenvalue weighted by atomic mass is 10.2. The molecule has 2 aromatic carbocycles. The molecule has 24 heavy (non-hydrogen) atoms. The molecule has 8 heteroatoms. The predicted molar refractivity (Wildman–Crippen MR) is 93.1 cm³/mol. The fourth-order valence-corrected chi connectivity index (χ4v) is 2.48. The van der Waals surface area contributed by atoms with Crippen molar-refractivity contribution in [2.45, 2.75) is 13.0 Å². The SMILES string of the molecule is C[C@H](C(=O)Nc1ccc(Cl)cc1Cl)n1nnc(-c2ccccc2)n1. The van der Waals surface area contributed by atoms with Gasteiger partial charge in [0.2, 0.25) is 5.82 Å². The van der Waals surface area contributed by atoms with Gasteiger partial charge in [0.1, 0.15) is 6.04 Å². The van der Waals surface area contributed by atoms with Gasteiger partial charge in [-0.1, -0.05) is 53.5 Å². The molecule has 1 heterocycles. The molecule has 0 saturated carbocycles. The molecule has 6 nitrogen and oxygen atoms in total. The number of tetrazole rings is 1. The number of amides is 1. The Morgan fingerprint density at radius 3 is 2.62 bits per heavy atom. The maximum Gasteiger partial charge on any atom is 0.250 e. The van der Waals surface area contributed by atoms with Gasteiger partial charge in [-0.2, -0.15) is 4.80 Å². The molecule has 0 aliphatic heterocycles. The van der Waals surface area contributed by atoms with Gasteiger partial charge in [-0.25, -0.2) is 0 Å². The maximum atomic E-state index is 12.4. The Balaban J connectivity index is 1.75. The van der Waals surface area contributed by atoms with Crippen LogP contribution in [0.2, 0.25) is 10.0 Å². The molecule has 122 valence electrons. The van der Waals surface area contributed by atoms with Gasteiger partial charge in [-0.3, -0.25) is 4.79 Å². The zero-order valence-electron chi connectivity index (χ0n) is 12.6. The molecule has 0 aliphatic carbocycles. The zero-order chi connectivity index (χ0) is 17.1. The molecule has 0 aliphatic rings. The second-order valence-corrected chi connectivity index (χ2v) is 5.93. The summed E-state index contributed by atoms with van der Waals surface area (Å²) in [6.07, 6.45) is 0. The van der Waals surface area contributed by atoms with Gasteiger partial charge in [0.15, 0.2) is 0 Å². The van der Waals surface area contributed by atoms with E-state index in [0.29, 0.717) is 21.6 Å². The van der Waals surface area contributed by atoms with Crippen molar-refractivity contribution in [1.82, 2.24) is 20.2 Å². The number of carbonyl (C=O) groups excluding carboxylic acids is 1. The fraction of sp³-hybridized carbons (Fsp3) is 0.125.